The van der Waals surface area contributed by atoms with E-state index in [1.807, 2.05) is 0 Å². The number of aromatic nitrogens is 2. The molecule has 0 bridgehead atoms. The van der Waals surface area contributed by atoms with Crippen molar-refractivity contribution in [3.8, 4) is 11.1 Å². The molecule has 1 aromatic heterocycles. The van der Waals surface area contributed by atoms with Gasteiger partial charge in [-0.15, -0.1) is 0 Å². The summed E-state index contributed by atoms with van der Waals surface area (Å²) in [6.45, 7) is 1.78. The molecule has 0 radical (unpaired) electrons. The van der Waals surface area contributed by atoms with Crippen LogP contribution in [0.2, 0.25) is 0 Å². The molecule has 3 aromatic carbocycles. The largest absolute Gasteiger partial charge is 0.481 e. The number of carbonyl (C=O) groups is 5. The standard InChI is InChI=1S/C30H30FN7O7/c1-15-5-10-19(31)23(13-15)35-30(45)33-17-8-6-16(7-9-17)18-3-2-4-21-26(18)27(38-37-21)36-24(39)14-20(32)28(42)34-22(29(43)44)11-12-25(40)41/h2-10,13,20,22H,11-12,14,32H2,1H3,(H,34,42)(H,40,41)(H,43,44)(H2,33,35,45)(H2,36,37,38,39)/t20-,22?/m0/s1. The van der Waals surface area contributed by atoms with E-state index < -0.39 is 60.5 Å². The summed E-state index contributed by atoms with van der Waals surface area (Å²) in [6, 6.07) is 12.9. The quantitative estimate of drug-likeness (QED) is 0.116. The van der Waals surface area contributed by atoms with Crippen LogP contribution < -0.4 is 27.0 Å². The molecule has 14 nitrogen and oxygen atoms in total. The predicted octanol–water partition coefficient (Wildman–Crippen LogP) is 3.41. The number of halogens is 1. The highest BCUT2D eigenvalue weighted by Gasteiger charge is 2.26. The molecular formula is C30H30FN7O7. The van der Waals surface area contributed by atoms with E-state index in [9.17, 15) is 33.5 Å². The number of nitrogens with zero attached hydrogens (tertiary/aromatic N) is 1. The summed E-state index contributed by atoms with van der Waals surface area (Å²) >= 11 is 0. The number of carboxylic acid groups (broad SMARTS) is 2. The minimum absolute atomic E-state index is 0.0483. The molecular weight excluding hydrogens is 589 g/mol. The molecule has 9 N–H and O–H groups in total. The Hall–Kier alpha value is -5.83. The van der Waals surface area contributed by atoms with Gasteiger partial charge in [-0.25, -0.2) is 14.0 Å². The van der Waals surface area contributed by atoms with Gasteiger partial charge < -0.3 is 37.2 Å². The summed E-state index contributed by atoms with van der Waals surface area (Å²) in [4.78, 5) is 59.7. The fraction of sp³-hybridized carbons (Fsp3) is 0.200. The van der Waals surface area contributed by atoms with Crippen LogP contribution in [-0.4, -0.2) is 62.3 Å². The van der Waals surface area contributed by atoms with E-state index in [4.69, 9.17) is 10.8 Å². The third-order valence-corrected chi connectivity index (χ3v) is 6.67. The number of aliphatic carboxylic acids is 2. The van der Waals surface area contributed by atoms with E-state index in [0.29, 0.717) is 27.7 Å². The Morgan fingerprint density at radius 1 is 0.978 bits per heavy atom. The molecule has 0 saturated carbocycles. The van der Waals surface area contributed by atoms with Crippen LogP contribution in [0.15, 0.2) is 60.7 Å². The zero-order valence-corrected chi connectivity index (χ0v) is 23.9. The summed E-state index contributed by atoms with van der Waals surface area (Å²) in [6.07, 6.45) is -1.34. The van der Waals surface area contributed by atoms with Crippen LogP contribution >= 0.6 is 0 Å². The van der Waals surface area contributed by atoms with Crippen molar-refractivity contribution >= 4 is 57.9 Å². The fourth-order valence-corrected chi connectivity index (χ4v) is 4.44. The maximum Gasteiger partial charge on any atom is 0.326 e. The molecule has 4 aromatic rings. The lowest BCUT2D eigenvalue weighted by Crippen LogP contribution is -2.49. The van der Waals surface area contributed by atoms with Gasteiger partial charge in [0, 0.05) is 12.1 Å². The first-order valence-corrected chi connectivity index (χ1v) is 13.6. The van der Waals surface area contributed by atoms with Crippen LogP contribution in [-0.2, 0) is 19.2 Å². The second kappa shape index (κ2) is 14.1. The van der Waals surface area contributed by atoms with Crippen LogP contribution in [0, 0.1) is 12.7 Å². The number of rotatable bonds is 12. The van der Waals surface area contributed by atoms with Crippen molar-refractivity contribution in [1.82, 2.24) is 15.5 Å². The third kappa shape index (κ3) is 8.39. The maximum atomic E-state index is 14.0. The van der Waals surface area contributed by atoms with E-state index in [-0.39, 0.29) is 17.9 Å². The topological polar surface area (TPSA) is 229 Å². The number of carbonyl (C=O) groups excluding carboxylic acids is 3. The number of hydrogen-bond donors (Lipinski definition) is 8. The Morgan fingerprint density at radius 2 is 1.71 bits per heavy atom. The van der Waals surface area contributed by atoms with E-state index in [1.165, 1.54) is 12.1 Å². The summed E-state index contributed by atoms with van der Waals surface area (Å²) in [5.41, 5.74) is 9.09. The number of fused-ring (bicyclic) bond motifs is 1. The molecule has 4 rings (SSSR count). The number of H-pyrrole nitrogens is 1. The molecule has 4 amide bonds. The van der Waals surface area contributed by atoms with Gasteiger partial charge in [-0.1, -0.05) is 30.3 Å². The van der Waals surface area contributed by atoms with E-state index in [2.05, 4.69) is 31.5 Å². The molecule has 0 fully saturated rings. The Labute approximate surface area is 255 Å². The molecule has 0 aliphatic heterocycles. The second-order valence-corrected chi connectivity index (χ2v) is 10.1. The highest BCUT2D eigenvalue weighted by Crippen LogP contribution is 2.33. The third-order valence-electron chi connectivity index (χ3n) is 6.67. The summed E-state index contributed by atoms with van der Waals surface area (Å²) in [5, 5.41) is 35.5. The predicted molar refractivity (Wildman–Crippen MR) is 163 cm³/mol. The number of benzene rings is 3. The van der Waals surface area contributed by atoms with E-state index in [1.54, 1.807) is 55.5 Å². The maximum absolute atomic E-state index is 14.0. The number of urea groups is 1. The van der Waals surface area contributed by atoms with Crippen LogP contribution in [0.5, 0.6) is 0 Å². The second-order valence-electron chi connectivity index (χ2n) is 10.1. The molecule has 0 saturated heterocycles. The lowest BCUT2D eigenvalue weighted by molar-refractivity contribution is -0.143. The number of aryl methyl sites for hydroxylation is 1. The minimum atomic E-state index is -1.48. The number of carboxylic acids is 2. The first kappa shape index (κ1) is 32.1. The van der Waals surface area contributed by atoms with Crippen molar-refractivity contribution in [2.45, 2.75) is 38.3 Å². The van der Waals surface area contributed by atoms with Gasteiger partial charge in [0.15, 0.2) is 5.82 Å². The average molecular weight is 620 g/mol. The van der Waals surface area contributed by atoms with Gasteiger partial charge in [0.2, 0.25) is 11.8 Å². The first-order chi connectivity index (χ1) is 21.4. The molecule has 0 aliphatic rings. The van der Waals surface area contributed by atoms with Gasteiger partial charge in [-0.3, -0.25) is 19.5 Å². The van der Waals surface area contributed by atoms with Crippen LogP contribution in [0.4, 0.5) is 26.4 Å². The van der Waals surface area contributed by atoms with Gasteiger partial charge in [-0.2, -0.15) is 5.10 Å². The lowest BCUT2D eigenvalue weighted by Gasteiger charge is -2.17. The highest BCUT2D eigenvalue weighted by atomic mass is 19.1. The molecule has 45 heavy (non-hydrogen) atoms. The van der Waals surface area contributed by atoms with Gasteiger partial charge >= 0.3 is 18.0 Å². The monoisotopic (exact) mass is 619 g/mol. The number of amides is 4. The van der Waals surface area contributed by atoms with Crippen molar-refractivity contribution in [3.63, 3.8) is 0 Å². The summed E-state index contributed by atoms with van der Waals surface area (Å²) < 4.78 is 14.0. The van der Waals surface area contributed by atoms with E-state index in [0.717, 1.165) is 5.56 Å². The Bertz CT molecular complexity index is 1760. The van der Waals surface area contributed by atoms with Crippen molar-refractivity contribution in [2.24, 2.45) is 5.73 Å². The van der Waals surface area contributed by atoms with Gasteiger partial charge in [0.1, 0.15) is 11.9 Å². The summed E-state index contributed by atoms with van der Waals surface area (Å²) in [5.74, 6) is -4.66. The van der Waals surface area contributed by atoms with Gasteiger partial charge in [0.05, 0.1) is 29.1 Å². The smallest absolute Gasteiger partial charge is 0.326 e. The highest BCUT2D eigenvalue weighted by molar-refractivity contribution is 6.07. The molecule has 234 valence electrons. The molecule has 1 heterocycles. The zero-order chi connectivity index (χ0) is 32.7. The normalized spacial score (nSPS) is 12.2. The van der Waals surface area contributed by atoms with Crippen LogP contribution in [0.1, 0.15) is 24.8 Å². The van der Waals surface area contributed by atoms with Crippen LogP contribution in [0.25, 0.3) is 22.0 Å². The minimum Gasteiger partial charge on any atom is -0.481 e. The van der Waals surface area contributed by atoms with Gasteiger partial charge in [-0.05, 0) is 60.4 Å². The van der Waals surface area contributed by atoms with Crippen molar-refractivity contribution in [3.05, 3.63) is 72.0 Å². The fourth-order valence-electron chi connectivity index (χ4n) is 4.44. The van der Waals surface area contributed by atoms with Crippen LogP contribution in [0.3, 0.4) is 0 Å². The SMILES string of the molecule is Cc1ccc(F)c(NC(=O)Nc2ccc(-c3cccc4[nH]nc(NC(=O)C[C@H](N)C(=O)NC(CCC(=O)O)C(=O)O)c34)cc2)c1. The number of nitrogens with two attached hydrogens (primary N) is 1. The Morgan fingerprint density at radius 3 is 2.40 bits per heavy atom. The van der Waals surface area contributed by atoms with Crippen molar-refractivity contribution < 1.29 is 38.6 Å². The first-order valence-electron chi connectivity index (χ1n) is 13.6. The molecule has 0 aliphatic carbocycles. The lowest BCUT2D eigenvalue weighted by atomic mass is 10.0. The van der Waals surface area contributed by atoms with Crippen molar-refractivity contribution in [2.75, 3.05) is 16.0 Å². The number of hydrogen-bond acceptors (Lipinski definition) is 7. The number of anilines is 3. The summed E-state index contributed by atoms with van der Waals surface area (Å²) in [7, 11) is 0. The molecule has 15 heteroatoms. The average Bonchev–Trinajstić information content (AvgIpc) is 3.39. The zero-order valence-electron chi connectivity index (χ0n) is 23.9. The molecule has 1 unspecified atom stereocenters. The molecule has 2 atom stereocenters. The van der Waals surface area contributed by atoms with E-state index >= 15 is 0 Å². The van der Waals surface area contributed by atoms with Crippen molar-refractivity contribution in [1.29, 1.82) is 0 Å². The molecule has 0 spiro atoms. The Balaban J connectivity index is 1.42. The number of aromatic amines is 1. The van der Waals surface area contributed by atoms with Gasteiger partial charge in [0.25, 0.3) is 0 Å². The Kier molecular flexibility index (Phi) is 10.1. The number of nitrogens with one attached hydrogen (secondary N) is 5.